The summed E-state index contributed by atoms with van der Waals surface area (Å²) < 4.78 is 18.5. The van der Waals surface area contributed by atoms with Crippen molar-refractivity contribution in [1.29, 1.82) is 0 Å². The molecule has 2 rings (SSSR count). The van der Waals surface area contributed by atoms with Crippen LogP contribution < -0.4 is 10.1 Å². The van der Waals surface area contributed by atoms with E-state index in [9.17, 15) is 9.18 Å². The molecule has 0 aliphatic rings. The van der Waals surface area contributed by atoms with Crippen molar-refractivity contribution in [3.05, 3.63) is 35.8 Å². The van der Waals surface area contributed by atoms with Crippen molar-refractivity contribution in [2.75, 3.05) is 19.4 Å². The van der Waals surface area contributed by atoms with Gasteiger partial charge in [-0.3, -0.25) is 9.89 Å². The van der Waals surface area contributed by atoms with Crippen LogP contribution >= 0.6 is 12.6 Å². The monoisotopic (exact) mass is 295 g/mol. The van der Waals surface area contributed by atoms with Crippen molar-refractivity contribution in [2.24, 2.45) is 0 Å². The number of ether oxygens (including phenoxy) is 1. The smallest absolute Gasteiger partial charge is 0.269 e. The van der Waals surface area contributed by atoms with E-state index >= 15 is 0 Å². The van der Waals surface area contributed by atoms with E-state index in [1.54, 1.807) is 12.1 Å². The lowest BCUT2D eigenvalue weighted by Gasteiger charge is -2.02. The Bertz CT molecular complexity index is 615. The fraction of sp³-hybridized carbons (Fsp3) is 0.231. The lowest BCUT2D eigenvalue weighted by Crippen LogP contribution is -2.25. The number of aromatic amines is 1. The van der Waals surface area contributed by atoms with E-state index in [2.05, 4.69) is 28.1 Å². The summed E-state index contributed by atoms with van der Waals surface area (Å²) in [5.41, 5.74) is 1.37. The highest BCUT2D eigenvalue weighted by Gasteiger charge is 2.12. The summed E-state index contributed by atoms with van der Waals surface area (Å²) in [6.07, 6.45) is 0. The molecule has 0 fully saturated rings. The highest BCUT2D eigenvalue weighted by Crippen LogP contribution is 2.24. The van der Waals surface area contributed by atoms with Gasteiger partial charge in [0, 0.05) is 17.9 Å². The van der Waals surface area contributed by atoms with E-state index < -0.39 is 5.82 Å². The Balaban J connectivity index is 2.20. The SMILES string of the molecule is COc1ccc(-c2cc(C(=O)NCCS)[nH]n2)cc1F. The maximum atomic E-state index is 13.6. The highest BCUT2D eigenvalue weighted by atomic mass is 32.1. The van der Waals surface area contributed by atoms with Crippen molar-refractivity contribution in [1.82, 2.24) is 15.5 Å². The average molecular weight is 295 g/mol. The molecule has 5 nitrogen and oxygen atoms in total. The van der Waals surface area contributed by atoms with Gasteiger partial charge in [-0.25, -0.2) is 4.39 Å². The molecule has 0 unspecified atom stereocenters. The number of nitrogens with zero attached hydrogens (tertiary/aromatic N) is 1. The number of carbonyl (C=O) groups excluding carboxylic acids is 1. The first-order valence-electron chi connectivity index (χ1n) is 5.94. The van der Waals surface area contributed by atoms with Gasteiger partial charge in [-0.1, -0.05) is 0 Å². The van der Waals surface area contributed by atoms with Crippen LogP contribution in [-0.2, 0) is 0 Å². The van der Waals surface area contributed by atoms with Gasteiger partial charge in [0.2, 0.25) is 0 Å². The molecule has 2 aromatic rings. The topological polar surface area (TPSA) is 67.0 Å². The molecular formula is C13H14FN3O2S. The third-order valence-electron chi connectivity index (χ3n) is 2.67. The number of nitrogens with one attached hydrogen (secondary N) is 2. The van der Waals surface area contributed by atoms with Gasteiger partial charge >= 0.3 is 0 Å². The van der Waals surface area contributed by atoms with Crippen LogP contribution in [0.1, 0.15) is 10.5 Å². The molecule has 7 heteroatoms. The number of thiol groups is 1. The molecule has 0 spiro atoms. The molecule has 0 aliphatic heterocycles. The van der Waals surface area contributed by atoms with Crippen molar-refractivity contribution in [2.45, 2.75) is 0 Å². The number of H-pyrrole nitrogens is 1. The number of carbonyl (C=O) groups is 1. The molecule has 1 aromatic heterocycles. The summed E-state index contributed by atoms with van der Waals surface area (Å²) >= 11 is 4.01. The van der Waals surface area contributed by atoms with E-state index in [-0.39, 0.29) is 11.7 Å². The van der Waals surface area contributed by atoms with Gasteiger partial charge in [-0.15, -0.1) is 0 Å². The second kappa shape index (κ2) is 6.42. The fourth-order valence-corrected chi connectivity index (χ4v) is 1.79. The van der Waals surface area contributed by atoms with E-state index in [4.69, 9.17) is 4.74 Å². The van der Waals surface area contributed by atoms with Gasteiger partial charge in [0.1, 0.15) is 5.69 Å². The number of methoxy groups -OCH3 is 1. The number of benzene rings is 1. The zero-order chi connectivity index (χ0) is 14.5. The van der Waals surface area contributed by atoms with Crippen LogP contribution in [-0.4, -0.2) is 35.5 Å². The summed E-state index contributed by atoms with van der Waals surface area (Å²) in [5, 5.41) is 9.28. The fourth-order valence-electron chi connectivity index (χ4n) is 1.68. The van der Waals surface area contributed by atoms with Crippen LogP contribution in [0.25, 0.3) is 11.3 Å². The van der Waals surface area contributed by atoms with Gasteiger partial charge in [-0.2, -0.15) is 17.7 Å². The molecule has 2 N–H and O–H groups in total. The van der Waals surface area contributed by atoms with Gasteiger partial charge in [0.05, 0.1) is 12.8 Å². The van der Waals surface area contributed by atoms with Crippen molar-refractivity contribution >= 4 is 18.5 Å². The molecule has 0 aliphatic carbocycles. The molecule has 0 atom stereocenters. The largest absolute Gasteiger partial charge is 0.494 e. The van der Waals surface area contributed by atoms with Crippen LogP contribution in [0, 0.1) is 5.82 Å². The van der Waals surface area contributed by atoms with Crippen molar-refractivity contribution in [3.8, 4) is 17.0 Å². The minimum absolute atomic E-state index is 0.163. The predicted octanol–water partition coefficient (Wildman–Crippen LogP) is 1.88. The molecule has 1 heterocycles. The molecular weight excluding hydrogens is 281 g/mol. The second-order valence-electron chi connectivity index (χ2n) is 4.00. The van der Waals surface area contributed by atoms with E-state index in [1.165, 1.54) is 19.2 Å². The van der Waals surface area contributed by atoms with Gasteiger partial charge in [0.15, 0.2) is 11.6 Å². The van der Waals surface area contributed by atoms with Crippen LogP contribution in [0.2, 0.25) is 0 Å². The van der Waals surface area contributed by atoms with E-state index in [0.29, 0.717) is 29.2 Å². The predicted molar refractivity (Wildman–Crippen MR) is 76.7 cm³/mol. The van der Waals surface area contributed by atoms with Crippen LogP contribution in [0.15, 0.2) is 24.3 Å². The number of hydrogen-bond donors (Lipinski definition) is 3. The molecule has 1 aromatic carbocycles. The summed E-state index contributed by atoms with van der Waals surface area (Å²) in [7, 11) is 1.40. The summed E-state index contributed by atoms with van der Waals surface area (Å²) in [4.78, 5) is 11.7. The Kier molecular flexibility index (Phi) is 4.62. The van der Waals surface area contributed by atoms with E-state index in [0.717, 1.165) is 0 Å². The third-order valence-corrected chi connectivity index (χ3v) is 2.89. The highest BCUT2D eigenvalue weighted by molar-refractivity contribution is 7.80. The minimum atomic E-state index is -0.478. The number of amides is 1. The Labute approximate surface area is 120 Å². The Hall–Kier alpha value is -2.02. The summed E-state index contributed by atoms with van der Waals surface area (Å²) in [6, 6.07) is 6.06. The Morgan fingerprint density at radius 3 is 2.95 bits per heavy atom. The quantitative estimate of drug-likeness (QED) is 0.738. The van der Waals surface area contributed by atoms with Crippen LogP contribution in [0.4, 0.5) is 4.39 Å². The maximum Gasteiger partial charge on any atom is 0.269 e. The number of aromatic nitrogens is 2. The standard InChI is InChI=1S/C13H14FN3O2S/c1-19-12-3-2-8(6-9(12)14)10-7-11(17-16-10)13(18)15-4-5-20/h2-3,6-7,20H,4-5H2,1H3,(H,15,18)(H,16,17). The van der Waals surface area contributed by atoms with Crippen molar-refractivity contribution in [3.63, 3.8) is 0 Å². The number of rotatable bonds is 5. The zero-order valence-electron chi connectivity index (χ0n) is 10.8. The van der Waals surface area contributed by atoms with Gasteiger partial charge in [-0.05, 0) is 24.3 Å². The first kappa shape index (κ1) is 14.4. The average Bonchev–Trinajstić information content (AvgIpc) is 2.94. The molecule has 106 valence electrons. The lowest BCUT2D eigenvalue weighted by atomic mass is 10.1. The number of hydrogen-bond acceptors (Lipinski definition) is 4. The van der Waals surface area contributed by atoms with Gasteiger partial charge in [0.25, 0.3) is 5.91 Å². The van der Waals surface area contributed by atoms with Crippen LogP contribution in [0.5, 0.6) is 5.75 Å². The first-order chi connectivity index (χ1) is 9.65. The minimum Gasteiger partial charge on any atom is -0.494 e. The molecule has 0 radical (unpaired) electrons. The molecule has 0 saturated heterocycles. The second-order valence-corrected chi connectivity index (χ2v) is 4.44. The molecule has 1 amide bonds. The summed E-state index contributed by atoms with van der Waals surface area (Å²) in [5.74, 6) is -0.0342. The van der Waals surface area contributed by atoms with Crippen molar-refractivity contribution < 1.29 is 13.9 Å². The molecule has 0 bridgehead atoms. The lowest BCUT2D eigenvalue weighted by molar-refractivity contribution is 0.0951. The molecule has 0 saturated carbocycles. The third kappa shape index (κ3) is 3.11. The number of halogens is 1. The van der Waals surface area contributed by atoms with E-state index in [1.807, 2.05) is 0 Å². The Morgan fingerprint density at radius 1 is 1.50 bits per heavy atom. The summed E-state index contributed by atoms with van der Waals surface area (Å²) in [6.45, 7) is 0.466. The molecule has 20 heavy (non-hydrogen) atoms. The maximum absolute atomic E-state index is 13.6. The zero-order valence-corrected chi connectivity index (χ0v) is 11.7. The first-order valence-corrected chi connectivity index (χ1v) is 6.57. The Morgan fingerprint density at radius 2 is 2.30 bits per heavy atom. The normalized spacial score (nSPS) is 10.3. The van der Waals surface area contributed by atoms with Crippen LogP contribution in [0.3, 0.4) is 0 Å². The van der Waals surface area contributed by atoms with Gasteiger partial charge < -0.3 is 10.1 Å².